The Labute approximate surface area is 254 Å². The summed E-state index contributed by atoms with van der Waals surface area (Å²) < 4.78 is 29.5. The lowest BCUT2D eigenvalue weighted by molar-refractivity contribution is -0.139. The van der Waals surface area contributed by atoms with Gasteiger partial charge in [-0.25, -0.2) is 8.42 Å². The molecule has 0 unspecified atom stereocenters. The third-order valence-corrected chi connectivity index (χ3v) is 9.11. The van der Waals surface area contributed by atoms with Crippen molar-refractivity contribution >= 4 is 66.7 Å². The molecule has 3 aromatic rings. The van der Waals surface area contributed by atoms with E-state index in [-0.39, 0.29) is 23.3 Å². The molecule has 0 heterocycles. The maximum atomic E-state index is 14.0. The molecule has 2 amide bonds. The Balaban J connectivity index is 2.03. The highest BCUT2D eigenvalue weighted by molar-refractivity contribution is 9.10. The van der Waals surface area contributed by atoms with Crippen LogP contribution in [0, 0.1) is 12.8 Å². The van der Waals surface area contributed by atoms with Crippen LogP contribution in [0.4, 0.5) is 5.69 Å². The standard InChI is InChI=1S/C29H32BrCl2N3O4S/c1-19(2)16-33-29(37)21(4)34(17-22-7-10-24(31)15-27(22)32)28(36)18-35(25-11-8-23(30)9-12-25)40(38,39)26-13-5-20(3)6-14-26/h5-15,19,21H,16-18H2,1-4H3,(H,33,37)/t21-/m0/s1. The summed E-state index contributed by atoms with van der Waals surface area (Å²) in [6.07, 6.45) is 0. The Hall–Kier alpha value is -2.59. The second-order valence-electron chi connectivity index (χ2n) is 9.87. The highest BCUT2D eigenvalue weighted by Crippen LogP contribution is 2.27. The van der Waals surface area contributed by atoms with Gasteiger partial charge in [-0.3, -0.25) is 13.9 Å². The first-order valence-corrected chi connectivity index (χ1v) is 15.6. The number of hydrogen-bond acceptors (Lipinski definition) is 4. The predicted molar refractivity (Wildman–Crippen MR) is 164 cm³/mol. The smallest absolute Gasteiger partial charge is 0.264 e. The van der Waals surface area contributed by atoms with Crippen molar-refractivity contribution in [3.8, 4) is 0 Å². The van der Waals surface area contributed by atoms with Crippen LogP contribution in [0.3, 0.4) is 0 Å². The number of halogens is 3. The van der Waals surface area contributed by atoms with Crippen LogP contribution in [-0.2, 0) is 26.2 Å². The summed E-state index contributed by atoms with van der Waals surface area (Å²) in [6, 6.07) is 17.0. The summed E-state index contributed by atoms with van der Waals surface area (Å²) in [5.41, 5.74) is 1.77. The van der Waals surface area contributed by atoms with Crippen LogP contribution in [0.1, 0.15) is 31.9 Å². The maximum absolute atomic E-state index is 14.0. The lowest BCUT2D eigenvalue weighted by Crippen LogP contribution is -2.51. The number of sulfonamides is 1. The quantitative estimate of drug-likeness (QED) is 0.255. The van der Waals surface area contributed by atoms with Gasteiger partial charge in [-0.15, -0.1) is 0 Å². The summed E-state index contributed by atoms with van der Waals surface area (Å²) >= 11 is 15.8. The van der Waals surface area contributed by atoms with Crippen LogP contribution < -0.4 is 9.62 Å². The van der Waals surface area contributed by atoms with Crippen molar-refractivity contribution in [1.82, 2.24) is 10.2 Å². The molecule has 3 rings (SSSR count). The summed E-state index contributed by atoms with van der Waals surface area (Å²) in [4.78, 5) is 28.4. The molecule has 0 saturated carbocycles. The molecule has 1 atom stereocenters. The zero-order valence-corrected chi connectivity index (χ0v) is 26.6. The summed E-state index contributed by atoms with van der Waals surface area (Å²) in [7, 11) is -4.14. The van der Waals surface area contributed by atoms with Crippen molar-refractivity contribution in [2.45, 2.75) is 45.2 Å². The van der Waals surface area contributed by atoms with Gasteiger partial charge in [0.25, 0.3) is 10.0 Å². The van der Waals surface area contributed by atoms with Crippen LogP contribution in [0.15, 0.2) is 76.1 Å². The van der Waals surface area contributed by atoms with Crippen LogP contribution in [0.2, 0.25) is 10.0 Å². The van der Waals surface area contributed by atoms with Crippen molar-refractivity contribution in [1.29, 1.82) is 0 Å². The van der Waals surface area contributed by atoms with Crippen molar-refractivity contribution in [2.75, 3.05) is 17.4 Å². The molecule has 3 aromatic carbocycles. The van der Waals surface area contributed by atoms with Crippen LogP contribution in [-0.4, -0.2) is 44.3 Å². The Morgan fingerprint density at radius 2 is 1.57 bits per heavy atom. The molecule has 7 nitrogen and oxygen atoms in total. The minimum Gasteiger partial charge on any atom is -0.354 e. The number of hydrogen-bond donors (Lipinski definition) is 1. The normalized spacial score (nSPS) is 12.2. The van der Waals surface area contributed by atoms with Gasteiger partial charge in [-0.2, -0.15) is 0 Å². The largest absolute Gasteiger partial charge is 0.354 e. The molecule has 0 aromatic heterocycles. The average Bonchev–Trinajstić information content (AvgIpc) is 2.90. The van der Waals surface area contributed by atoms with Gasteiger partial charge in [0.05, 0.1) is 10.6 Å². The summed E-state index contributed by atoms with van der Waals surface area (Å²) in [6.45, 7) is 7.27. The number of nitrogens with one attached hydrogen (secondary N) is 1. The SMILES string of the molecule is Cc1ccc(S(=O)(=O)N(CC(=O)N(Cc2ccc(Cl)cc2Cl)[C@@H](C)C(=O)NCC(C)C)c2ccc(Br)cc2)cc1. The molecule has 214 valence electrons. The lowest BCUT2D eigenvalue weighted by Gasteiger charge is -2.32. The van der Waals surface area contributed by atoms with E-state index >= 15 is 0 Å². The summed E-state index contributed by atoms with van der Waals surface area (Å²) in [5.74, 6) is -0.723. The summed E-state index contributed by atoms with van der Waals surface area (Å²) in [5, 5.41) is 3.62. The Morgan fingerprint density at radius 1 is 0.950 bits per heavy atom. The first-order valence-electron chi connectivity index (χ1n) is 12.7. The Morgan fingerprint density at radius 3 is 2.15 bits per heavy atom. The van der Waals surface area contributed by atoms with Gasteiger partial charge in [0.2, 0.25) is 11.8 Å². The fraction of sp³-hybridized carbons (Fsp3) is 0.310. The molecule has 1 N–H and O–H groups in total. The number of rotatable bonds is 11. The van der Waals surface area contributed by atoms with E-state index in [1.165, 1.54) is 17.0 Å². The van der Waals surface area contributed by atoms with E-state index in [1.807, 2.05) is 20.8 Å². The Kier molecular flexibility index (Phi) is 11.1. The fourth-order valence-electron chi connectivity index (χ4n) is 3.84. The molecule has 0 aliphatic heterocycles. The number of anilines is 1. The number of carbonyl (C=O) groups excluding carboxylic acids is 2. The monoisotopic (exact) mass is 667 g/mol. The minimum atomic E-state index is -4.14. The molecule has 0 radical (unpaired) electrons. The molecule has 40 heavy (non-hydrogen) atoms. The molecule has 0 aliphatic carbocycles. The Bertz CT molecular complexity index is 1450. The van der Waals surface area contributed by atoms with Crippen LogP contribution in [0.5, 0.6) is 0 Å². The van der Waals surface area contributed by atoms with Gasteiger partial charge in [0.15, 0.2) is 0 Å². The zero-order chi connectivity index (χ0) is 29.6. The van der Waals surface area contributed by atoms with Crippen LogP contribution in [0.25, 0.3) is 0 Å². The zero-order valence-electron chi connectivity index (χ0n) is 22.7. The molecule has 0 aliphatic rings. The van der Waals surface area contributed by atoms with Gasteiger partial charge in [-0.1, -0.05) is 76.7 Å². The van der Waals surface area contributed by atoms with Crippen molar-refractivity contribution < 1.29 is 18.0 Å². The van der Waals surface area contributed by atoms with Crippen molar-refractivity contribution in [3.05, 3.63) is 92.4 Å². The third kappa shape index (κ3) is 8.22. The van der Waals surface area contributed by atoms with E-state index in [4.69, 9.17) is 23.2 Å². The van der Waals surface area contributed by atoms with E-state index in [0.29, 0.717) is 27.8 Å². The number of benzene rings is 3. The van der Waals surface area contributed by atoms with E-state index in [1.54, 1.807) is 61.5 Å². The number of aryl methyl sites for hydroxylation is 1. The van der Waals surface area contributed by atoms with Gasteiger partial charge in [0.1, 0.15) is 12.6 Å². The first-order chi connectivity index (χ1) is 18.8. The van der Waals surface area contributed by atoms with Gasteiger partial charge < -0.3 is 10.2 Å². The molecular formula is C29H32BrCl2N3O4S. The maximum Gasteiger partial charge on any atom is 0.264 e. The molecule has 0 bridgehead atoms. The average molecular weight is 669 g/mol. The topological polar surface area (TPSA) is 86.8 Å². The van der Waals surface area contributed by atoms with Crippen LogP contribution >= 0.6 is 39.1 Å². The number of nitrogens with zero attached hydrogens (tertiary/aromatic N) is 2. The molecule has 0 fully saturated rings. The predicted octanol–water partition coefficient (Wildman–Crippen LogP) is 6.45. The van der Waals surface area contributed by atoms with Crippen molar-refractivity contribution in [2.24, 2.45) is 5.92 Å². The minimum absolute atomic E-state index is 0.0240. The van der Waals surface area contributed by atoms with Gasteiger partial charge in [-0.05, 0) is 73.9 Å². The van der Waals surface area contributed by atoms with E-state index in [9.17, 15) is 18.0 Å². The van der Waals surface area contributed by atoms with E-state index < -0.39 is 28.5 Å². The lowest BCUT2D eigenvalue weighted by atomic mass is 10.1. The second kappa shape index (κ2) is 13.9. The van der Waals surface area contributed by atoms with E-state index in [0.717, 1.165) is 14.3 Å². The number of carbonyl (C=O) groups is 2. The van der Waals surface area contributed by atoms with Gasteiger partial charge in [0, 0.05) is 27.6 Å². The first kappa shape index (κ1) is 31.9. The fourth-order valence-corrected chi connectivity index (χ4v) is 5.99. The molecular weight excluding hydrogens is 637 g/mol. The van der Waals surface area contributed by atoms with E-state index in [2.05, 4.69) is 21.2 Å². The molecule has 0 spiro atoms. The molecule has 11 heteroatoms. The highest BCUT2D eigenvalue weighted by Gasteiger charge is 2.32. The number of amides is 2. The van der Waals surface area contributed by atoms with Gasteiger partial charge >= 0.3 is 0 Å². The third-order valence-electron chi connectivity index (χ3n) is 6.21. The molecule has 0 saturated heterocycles. The highest BCUT2D eigenvalue weighted by atomic mass is 79.9. The van der Waals surface area contributed by atoms with Crippen molar-refractivity contribution in [3.63, 3.8) is 0 Å². The second-order valence-corrected chi connectivity index (χ2v) is 13.5.